The maximum absolute atomic E-state index is 12.9. The van der Waals surface area contributed by atoms with Crippen molar-refractivity contribution in [2.45, 2.75) is 45.6 Å². The minimum atomic E-state index is -0.567. The molecule has 2 aromatic carbocycles. The Morgan fingerprint density at radius 3 is 2.56 bits per heavy atom. The number of ether oxygens (including phenoxy) is 1. The molecule has 6 nitrogen and oxygen atoms in total. The number of amides is 1. The topological polar surface area (TPSA) is 76.8 Å². The van der Waals surface area contributed by atoms with E-state index in [-0.39, 0.29) is 17.1 Å². The summed E-state index contributed by atoms with van der Waals surface area (Å²) in [5.41, 5.74) is 3.79. The second-order valence-corrected chi connectivity index (χ2v) is 9.52. The molecule has 0 N–H and O–H groups in total. The standard InChI is InChI=1S/C28H27NO5/c1-17-4-6-23-21(13-17)27(32)20(16-33-23)5-7-25(31)29-10-8-28(9-11-29)15-22(30)26-19(3)12-18(2)14-24(26)34-28/h4-7,12-14,16H,8-11,15H2,1-3H3/b7-5+. The molecule has 0 atom stereocenters. The van der Waals surface area contributed by atoms with Gasteiger partial charge in [0.05, 0.1) is 22.9 Å². The number of piperidine rings is 1. The molecule has 0 bridgehead atoms. The Balaban J connectivity index is 1.29. The van der Waals surface area contributed by atoms with Gasteiger partial charge >= 0.3 is 0 Å². The number of nitrogens with zero attached hydrogens (tertiary/aromatic N) is 1. The van der Waals surface area contributed by atoms with Crippen molar-refractivity contribution >= 4 is 28.7 Å². The first-order valence-corrected chi connectivity index (χ1v) is 11.6. The number of fused-ring (bicyclic) bond motifs is 2. The van der Waals surface area contributed by atoms with Gasteiger partial charge in [0.15, 0.2) is 11.2 Å². The molecule has 0 saturated carbocycles. The molecule has 1 aromatic heterocycles. The zero-order chi connectivity index (χ0) is 24.0. The van der Waals surface area contributed by atoms with Crippen LogP contribution in [0.25, 0.3) is 17.0 Å². The predicted octanol–water partition coefficient (Wildman–Crippen LogP) is 4.76. The molecule has 0 unspecified atom stereocenters. The summed E-state index contributed by atoms with van der Waals surface area (Å²) in [5.74, 6) is 0.594. The number of carbonyl (C=O) groups excluding carboxylic acids is 2. The highest BCUT2D eigenvalue weighted by atomic mass is 16.5. The van der Waals surface area contributed by atoms with E-state index in [9.17, 15) is 14.4 Å². The zero-order valence-corrected chi connectivity index (χ0v) is 19.6. The van der Waals surface area contributed by atoms with Crippen LogP contribution in [0.3, 0.4) is 0 Å². The number of rotatable bonds is 2. The molecule has 6 heteroatoms. The van der Waals surface area contributed by atoms with E-state index in [4.69, 9.17) is 9.15 Å². The minimum Gasteiger partial charge on any atom is -0.486 e. The summed E-state index contributed by atoms with van der Waals surface area (Å²) in [6.45, 7) is 6.83. The van der Waals surface area contributed by atoms with Crippen molar-refractivity contribution in [1.29, 1.82) is 0 Å². The third kappa shape index (κ3) is 3.94. The first kappa shape index (κ1) is 22.1. The first-order valence-electron chi connectivity index (χ1n) is 11.6. The number of ketones is 1. The van der Waals surface area contributed by atoms with Gasteiger partial charge in [-0.15, -0.1) is 0 Å². The smallest absolute Gasteiger partial charge is 0.246 e. The van der Waals surface area contributed by atoms with E-state index in [1.54, 1.807) is 17.0 Å². The van der Waals surface area contributed by atoms with E-state index in [0.29, 0.717) is 60.2 Å². The Morgan fingerprint density at radius 2 is 1.79 bits per heavy atom. The SMILES string of the molecule is Cc1cc(C)c2c(c1)OC1(CCN(C(=O)/C=C/c3coc4ccc(C)cc4c3=O)CC1)CC2=O. The van der Waals surface area contributed by atoms with Crippen LogP contribution in [0.5, 0.6) is 5.75 Å². The van der Waals surface area contributed by atoms with Gasteiger partial charge in [0.25, 0.3) is 0 Å². The van der Waals surface area contributed by atoms with Gasteiger partial charge in [0.2, 0.25) is 5.91 Å². The Labute approximate surface area is 197 Å². The van der Waals surface area contributed by atoms with Crippen molar-refractivity contribution in [1.82, 2.24) is 4.90 Å². The highest BCUT2D eigenvalue weighted by Crippen LogP contribution is 2.41. The fourth-order valence-electron chi connectivity index (χ4n) is 5.07. The Bertz CT molecular complexity index is 1410. The summed E-state index contributed by atoms with van der Waals surface area (Å²) in [7, 11) is 0. The van der Waals surface area contributed by atoms with Crippen LogP contribution < -0.4 is 10.2 Å². The van der Waals surface area contributed by atoms with Gasteiger partial charge < -0.3 is 14.1 Å². The monoisotopic (exact) mass is 457 g/mol. The summed E-state index contributed by atoms with van der Waals surface area (Å²) < 4.78 is 11.9. The van der Waals surface area contributed by atoms with E-state index >= 15 is 0 Å². The molecule has 1 spiro atoms. The van der Waals surface area contributed by atoms with Crippen molar-refractivity contribution in [2.24, 2.45) is 0 Å². The molecule has 34 heavy (non-hydrogen) atoms. The van der Waals surface area contributed by atoms with Crippen LogP contribution in [-0.2, 0) is 4.79 Å². The lowest BCUT2D eigenvalue weighted by Gasteiger charge is -2.44. The van der Waals surface area contributed by atoms with E-state index < -0.39 is 5.60 Å². The highest BCUT2D eigenvalue weighted by molar-refractivity contribution is 6.02. The van der Waals surface area contributed by atoms with Gasteiger partial charge in [-0.25, -0.2) is 0 Å². The molecule has 3 heterocycles. The number of carbonyl (C=O) groups is 2. The Kier molecular flexibility index (Phi) is 5.39. The van der Waals surface area contributed by atoms with Crippen LogP contribution in [0.4, 0.5) is 0 Å². The third-order valence-corrected chi connectivity index (χ3v) is 6.88. The summed E-state index contributed by atoms with van der Waals surface area (Å²) >= 11 is 0. The van der Waals surface area contributed by atoms with Crippen LogP contribution in [0.2, 0.25) is 0 Å². The fourth-order valence-corrected chi connectivity index (χ4v) is 5.07. The number of Topliss-reactive ketones (excluding diaryl/α,β-unsaturated/α-hetero) is 1. The lowest BCUT2D eigenvalue weighted by molar-refractivity contribution is -0.129. The van der Waals surface area contributed by atoms with Gasteiger partial charge in [-0.1, -0.05) is 17.7 Å². The van der Waals surface area contributed by atoms with E-state index in [2.05, 4.69) is 0 Å². The number of aryl methyl sites for hydroxylation is 3. The van der Waals surface area contributed by atoms with Crippen molar-refractivity contribution < 1.29 is 18.7 Å². The zero-order valence-electron chi connectivity index (χ0n) is 19.6. The van der Waals surface area contributed by atoms with Crippen molar-refractivity contribution in [2.75, 3.05) is 13.1 Å². The van der Waals surface area contributed by atoms with Gasteiger partial charge in [-0.05, 0) is 56.2 Å². The molecule has 5 rings (SSSR count). The third-order valence-electron chi connectivity index (χ3n) is 6.88. The summed E-state index contributed by atoms with van der Waals surface area (Å²) in [6.07, 6.45) is 5.82. The van der Waals surface area contributed by atoms with Crippen LogP contribution in [0.15, 0.2) is 51.9 Å². The quantitative estimate of drug-likeness (QED) is 0.519. The molecule has 1 fully saturated rings. The molecule has 1 saturated heterocycles. The lowest BCUT2D eigenvalue weighted by Crippen LogP contribution is -2.52. The van der Waals surface area contributed by atoms with E-state index in [1.165, 1.54) is 18.4 Å². The molecule has 2 aliphatic heterocycles. The number of benzene rings is 2. The van der Waals surface area contributed by atoms with Crippen molar-refractivity contribution in [3.8, 4) is 5.75 Å². The van der Waals surface area contributed by atoms with Crippen LogP contribution in [0, 0.1) is 20.8 Å². The van der Waals surface area contributed by atoms with Gasteiger partial charge in [0.1, 0.15) is 23.2 Å². The molecule has 174 valence electrons. The molecular weight excluding hydrogens is 430 g/mol. The van der Waals surface area contributed by atoms with Gasteiger partial charge in [0, 0.05) is 32.0 Å². The van der Waals surface area contributed by atoms with E-state index in [0.717, 1.165) is 16.7 Å². The van der Waals surface area contributed by atoms with Crippen LogP contribution in [0.1, 0.15) is 51.9 Å². The summed E-state index contributed by atoms with van der Waals surface area (Å²) in [4.78, 5) is 40.2. The second-order valence-electron chi connectivity index (χ2n) is 9.52. The largest absolute Gasteiger partial charge is 0.486 e. The van der Waals surface area contributed by atoms with Gasteiger partial charge in [-0.3, -0.25) is 14.4 Å². The Morgan fingerprint density at radius 1 is 1.03 bits per heavy atom. The van der Waals surface area contributed by atoms with Crippen LogP contribution in [-0.4, -0.2) is 35.3 Å². The molecule has 0 aliphatic carbocycles. The number of hydrogen-bond donors (Lipinski definition) is 0. The van der Waals surface area contributed by atoms with Crippen LogP contribution >= 0.6 is 0 Å². The summed E-state index contributed by atoms with van der Waals surface area (Å²) in [5, 5.41) is 0.499. The average molecular weight is 458 g/mol. The van der Waals surface area contributed by atoms with Crippen molar-refractivity contribution in [3.05, 3.63) is 80.7 Å². The fraction of sp³-hybridized carbons (Fsp3) is 0.321. The number of hydrogen-bond acceptors (Lipinski definition) is 5. The molecular formula is C28H27NO5. The molecule has 1 amide bonds. The predicted molar refractivity (Wildman–Crippen MR) is 130 cm³/mol. The maximum atomic E-state index is 12.9. The minimum absolute atomic E-state index is 0.108. The Hall–Kier alpha value is -3.67. The van der Waals surface area contributed by atoms with Crippen molar-refractivity contribution in [3.63, 3.8) is 0 Å². The first-order chi connectivity index (χ1) is 16.2. The second kappa shape index (κ2) is 8.28. The normalized spacial score (nSPS) is 17.3. The molecule has 0 radical (unpaired) electrons. The highest BCUT2D eigenvalue weighted by Gasteiger charge is 2.44. The summed E-state index contributed by atoms with van der Waals surface area (Å²) in [6, 6.07) is 9.38. The maximum Gasteiger partial charge on any atom is 0.246 e. The van der Waals surface area contributed by atoms with E-state index in [1.807, 2.05) is 39.0 Å². The average Bonchev–Trinajstić information content (AvgIpc) is 2.78. The molecule has 3 aromatic rings. The van der Waals surface area contributed by atoms with Gasteiger partial charge in [-0.2, -0.15) is 0 Å². The number of likely N-dealkylation sites (tertiary alicyclic amines) is 1. The molecule has 2 aliphatic rings. The lowest BCUT2D eigenvalue weighted by atomic mass is 9.81.